The summed E-state index contributed by atoms with van der Waals surface area (Å²) in [6.45, 7) is 11.6. The lowest BCUT2D eigenvalue weighted by Crippen LogP contribution is -2.44. The average molecular weight is 437 g/mol. The fourth-order valence-corrected chi connectivity index (χ4v) is 5.68. The standard InChI is InChI=1S/C29H30N3O/c1-17-11-12-19-20-15-18-9-7-8-10-22(18)31-27(20)33-26(19)23(17)25-24-21(16-30-32(25)6)28(2,3)13-14-29(24,4)5/h7-12,15-16H,13-14H2,1-6H3/q+1. The molecule has 1 aliphatic rings. The molecule has 166 valence electrons. The first-order valence-corrected chi connectivity index (χ1v) is 11.8. The third-order valence-electron chi connectivity index (χ3n) is 7.75. The SMILES string of the molecule is Cc1ccc2c(oc3nc4ccccc4cc32)c1-c1c2c(cn[n+]1C)C(C)(C)CCC2(C)C. The topological polar surface area (TPSA) is 42.8 Å². The molecule has 33 heavy (non-hydrogen) atoms. The Labute approximate surface area is 194 Å². The summed E-state index contributed by atoms with van der Waals surface area (Å²) in [5.74, 6) is 0. The molecule has 0 radical (unpaired) electrons. The van der Waals surface area contributed by atoms with Crippen molar-refractivity contribution in [2.24, 2.45) is 7.05 Å². The van der Waals surface area contributed by atoms with Crippen LogP contribution in [-0.4, -0.2) is 10.1 Å². The van der Waals surface area contributed by atoms with Gasteiger partial charge in [0.1, 0.15) is 0 Å². The van der Waals surface area contributed by atoms with E-state index in [0.717, 1.165) is 51.4 Å². The Hall–Kier alpha value is -3.27. The Balaban J connectivity index is 1.76. The Morgan fingerprint density at radius 3 is 2.52 bits per heavy atom. The molecule has 0 saturated carbocycles. The molecule has 3 aromatic heterocycles. The molecule has 0 saturated heterocycles. The molecule has 0 atom stereocenters. The number of aromatic nitrogens is 3. The molecule has 0 N–H and O–H groups in total. The van der Waals surface area contributed by atoms with E-state index in [-0.39, 0.29) is 10.8 Å². The van der Waals surface area contributed by atoms with Gasteiger partial charge in [-0.1, -0.05) is 62.7 Å². The van der Waals surface area contributed by atoms with Crippen molar-refractivity contribution in [3.8, 4) is 11.3 Å². The Kier molecular flexibility index (Phi) is 4.09. The van der Waals surface area contributed by atoms with E-state index >= 15 is 0 Å². The van der Waals surface area contributed by atoms with E-state index in [1.807, 2.05) is 16.8 Å². The summed E-state index contributed by atoms with van der Waals surface area (Å²) < 4.78 is 8.58. The molecule has 0 fully saturated rings. The quantitative estimate of drug-likeness (QED) is 0.275. The summed E-state index contributed by atoms with van der Waals surface area (Å²) in [7, 11) is 2.06. The van der Waals surface area contributed by atoms with Crippen LogP contribution in [-0.2, 0) is 17.9 Å². The molecule has 4 nitrogen and oxygen atoms in total. The van der Waals surface area contributed by atoms with Crippen LogP contribution in [0.2, 0.25) is 0 Å². The third-order valence-corrected chi connectivity index (χ3v) is 7.75. The fourth-order valence-electron chi connectivity index (χ4n) is 5.68. The lowest BCUT2D eigenvalue weighted by Gasteiger charge is -2.41. The molecule has 2 aromatic carbocycles. The van der Waals surface area contributed by atoms with E-state index in [0.29, 0.717) is 5.71 Å². The number of benzene rings is 2. The van der Waals surface area contributed by atoms with Crippen LogP contribution in [0.5, 0.6) is 0 Å². The summed E-state index contributed by atoms with van der Waals surface area (Å²) >= 11 is 0. The van der Waals surface area contributed by atoms with Gasteiger partial charge in [0, 0.05) is 21.7 Å². The van der Waals surface area contributed by atoms with Crippen molar-refractivity contribution in [2.75, 3.05) is 0 Å². The highest BCUT2D eigenvalue weighted by atomic mass is 16.3. The zero-order chi connectivity index (χ0) is 23.1. The van der Waals surface area contributed by atoms with Crippen molar-refractivity contribution in [3.63, 3.8) is 0 Å². The minimum absolute atomic E-state index is 0.0500. The van der Waals surface area contributed by atoms with E-state index in [1.54, 1.807) is 0 Å². The molecule has 4 heteroatoms. The number of pyridine rings is 1. The molecule has 0 bridgehead atoms. The van der Waals surface area contributed by atoms with Crippen LogP contribution in [0.15, 0.2) is 53.1 Å². The Morgan fingerprint density at radius 2 is 1.70 bits per heavy atom. The van der Waals surface area contributed by atoms with Crippen LogP contribution >= 0.6 is 0 Å². The van der Waals surface area contributed by atoms with Crippen molar-refractivity contribution in [1.29, 1.82) is 0 Å². The normalized spacial score (nSPS) is 17.0. The maximum absolute atomic E-state index is 6.54. The van der Waals surface area contributed by atoms with Crippen molar-refractivity contribution in [3.05, 3.63) is 65.4 Å². The zero-order valence-electron chi connectivity index (χ0n) is 20.3. The highest BCUT2D eigenvalue weighted by Gasteiger charge is 2.43. The van der Waals surface area contributed by atoms with Gasteiger partial charge in [-0.15, -0.1) is 0 Å². The van der Waals surface area contributed by atoms with Crippen molar-refractivity contribution >= 4 is 33.0 Å². The van der Waals surface area contributed by atoms with Crippen LogP contribution in [0.1, 0.15) is 57.2 Å². The smallest absolute Gasteiger partial charge is 0.246 e. The first-order valence-electron chi connectivity index (χ1n) is 11.8. The van der Waals surface area contributed by atoms with Gasteiger partial charge in [-0.3, -0.25) is 0 Å². The Morgan fingerprint density at radius 1 is 0.939 bits per heavy atom. The van der Waals surface area contributed by atoms with Crippen LogP contribution in [0, 0.1) is 6.92 Å². The fraction of sp³-hybridized carbons (Fsp3) is 0.345. The molecule has 0 amide bonds. The van der Waals surface area contributed by atoms with E-state index in [2.05, 4.69) is 78.2 Å². The van der Waals surface area contributed by atoms with E-state index in [1.165, 1.54) is 16.7 Å². The number of hydrogen-bond donors (Lipinski definition) is 0. The summed E-state index contributed by atoms with van der Waals surface area (Å²) in [6.07, 6.45) is 4.39. The second kappa shape index (κ2) is 6.63. The third kappa shape index (κ3) is 2.86. The average Bonchev–Trinajstić information content (AvgIpc) is 3.13. The molecule has 0 unspecified atom stereocenters. The molecule has 1 aliphatic carbocycles. The van der Waals surface area contributed by atoms with Gasteiger partial charge < -0.3 is 4.42 Å². The van der Waals surface area contributed by atoms with Crippen molar-refractivity contribution in [2.45, 2.75) is 58.3 Å². The molecular weight excluding hydrogens is 406 g/mol. The number of fused-ring (bicyclic) bond motifs is 5. The number of aryl methyl sites for hydroxylation is 2. The first-order chi connectivity index (χ1) is 15.7. The molecule has 6 rings (SSSR count). The summed E-state index contributed by atoms with van der Waals surface area (Å²) in [6, 6.07) is 14.8. The van der Waals surface area contributed by atoms with Gasteiger partial charge in [-0.05, 0) is 59.0 Å². The zero-order valence-corrected chi connectivity index (χ0v) is 20.3. The number of hydrogen-bond acceptors (Lipinski definition) is 3. The Bertz CT molecular complexity index is 1590. The summed E-state index contributed by atoms with van der Waals surface area (Å²) in [5, 5.41) is 8.13. The summed E-state index contributed by atoms with van der Waals surface area (Å²) in [5.41, 5.74) is 8.92. The molecular formula is C29H30N3O+. The van der Waals surface area contributed by atoms with Gasteiger partial charge in [0.15, 0.2) is 12.6 Å². The number of para-hydroxylation sites is 1. The lowest BCUT2D eigenvalue weighted by molar-refractivity contribution is -0.720. The van der Waals surface area contributed by atoms with Gasteiger partial charge in [-0.25, -0.2) is 4.98 Å². The summed E-state index contributed by atoms with van der Waals surface area (Å²) in [4.78, 5) is 4.85. The predicted molar refractivity (Wildman–Crippen MR) is 133 cm³/mol. The van der Waals surface area contributed by atoms with Crippen LogP contribution in [0.25, 0.3) is 44.2 Å². The first kappa shape index (κ1) is 20.3. The van der Waals surface area contributed by atoms with Gasteiger partial charge in [0.05, 0.1) is 17.3 Å². The number of furan rings is 1. The van der Waals surface area contributed by atoms with Crippen molar-refractivity contribution in [1.82, 2.24) is 10.1 Å². The second-order valence-corrected chi connectivity index (χ2v) is 10.9. The maximum Gasteiger partial charge on any atom is 0.246 e. The second-order valence-electron chi connectivity index (χ2n) is 10.9. The molecule has 0 spiro atoms. The van der Waals surface area contributed by atoms with Crippen LogP contribution in [0.3, 0.4) is 0 Å². The number of rotatable bonds is 1. The monoisotopic (exact) mass is 436 g/mol. The van der Waals surface area contributed by atoms with Crippen LogP contribution in [0.4, 0.5) is 0 Å². The molecule has 3 heterocycles. The maximum atomic E-state index is 6.54. The molecule has 0 aliphatic heterocycles. The van der Waals surface area contributed by atoms with Gasteiger partial charge in [-0.2, -0.15) is 0 Å². The number of nitrogens with zero attached hydrogens (tertiary/aromatic N) is 3. The largest absolute Gasteiger partial charge is 0.437 e. The van der Waals surface area contributed by atoms with Gasteiger partial charge in [0.25, 0.3) is 0 Å². The van der Waals surface area contributed by atoms with Crippen molar-refractivity contribution < 1.29 is 9.10 Å². The highest BCUT2D eigenvalue weighted by molar-refractivity contribution is 6.11. The van der Waals surface area contributed by atoms with E-state index in [9.17, 15) is 0 Å². The molecule has 5 aromatic rings. The highest BCUT2D eigenvalue weighted by Crippen LogP contribution is 2.49. The van der Waals surface area contributed by atoms with Gasteiger partial charge in [0.2, 0.25) is 11.4 Å². The lowest BCUT2D eigenvalue weighted by atomic mass is 9.62. The van der Waals surface area contributed by atoms with E-state index in [4.69, 9.17) is 14.5 Å². The van der Waals surface area contributed by atoms with E-state index < -0.39 is 0 Å². The van der Waals surface area contributed by atoms with Crippen LogP contribution < -0.4 is 4.68 Å². The van der Waals surface area contributed by atoms with Gasteiger partial charge >= 0.3 is 0 Å². The predicted octanol–water partition coefficient (Wildman–Crippen LogP) is 6.68. The minimum Gasteiger partial charge on any atom is -0.437 e. The minimum atomic E-state index is 0.0500.